The number of ether oxygens (including phenoxy) is 2. The molecule has 0 amide bonds. The van der Waals surface area contributed by atoms with Gasteiger partial charge in [0.2, 0.25) is 0 Å². The maximum atomic E-state index is 11.6. The van der Waals surface area contributed by atoms with Crippen LogP contribution < -0.4 is 5.32 Å². The number of hydrogen-bond donors (Lipinski definition) is 1. The summed E-state index contributed by atoms with van der Waals surface area (Å²) in [6.07, 6.45) is 3.29. The van der Waals surface area contributed by atoms with E-state index in [1.54, 1.807) is 7.11 Å². The number of hydrogen-bond acceptors (Lipinski definition) is 5. The van der Waals surface area contributed by atoms with Crippen molar-refractivity contribution in [1.29, 1.82) is 0 Å². The Balaban J connectivity index is 1.72. The van der Waals surface area contributed by atoms with Crippen LogP contribution in [0.3, 0.4) is 0 Å². The fourth-order valence-corrected chi connectivity index (χ4v) is 2.84. The molecule has 0 spiro atoms. The molecule has 2 atom stereocenters. The summed E-state index contributed by atoms with van der Waals surface area (Å²) in [4.78, 5) is 13.9. The van der Waals surface area contributed by atoms with Gasteiger partial charge in [0.25, 0.3) is 0 Å². The lowest BCUT2D eigenvalue weighted by Crippen LogP contribution is -2.47. The molecule has 0 aromatic rings. The number of methoxy groups -OCH3 is 1. The molecule has 2 rings (SSSR count). The number of rotatable bonds is 6. The van der Waals surface area contributed by atoms with Crippen molar-refractivity contribution in [3.8, 4) is 0 Å². The van der Waals surface area contributed by atoms with Crippen LogP contribution >= 0.6 is 0 Å². The highest BCUT2D eigenvalue weighted by molar-refractivity contribution is 5.77. The van der Waals surface area contributed by atoms with E-state index in [-0.39, 0.29) is 12.0 Å². The fourth-order valence-electron chi connectivity index (χ4n) is 2.84. The predicted octanol–water partition coefficient (Wildman–Crippen LogP) is 0.250. The Hall–Kier alpha value is -0.650. The molecular formula is C13H24N2O3. The van der Waals surface area contributed by atoms with E-state index < -0.39 is 0 Å². The molecule has 18 heavy (non-hydrogen) atoms. The Morgan fingerprint density at radius 2 is 2.39 bits per heavy atom. The van der Waals surface area contributed by atoms with Gasteiger partial charge in [-0.3, -0.25) is 9.69 Å². The topological polar surface area (TPSA) is 50.8 Å². The summed E-state index contributed by atoms with van der Waals surface area (Å²) in [5.41, 5.74) is 0. The van der Waals surface area contributed by atoms with Crippen molar-refractivity contribution in [2.24, 2.45) is 5.92 Å². The molecule has 0 radical (unpaired) electrons. The first-order chi connectivity index (χ1) is 8.81. The minimum absolute atomic E-state index is 0.0202. The highest BCUT2D eigenvalue weighted by Gasteiger charge is 2.34. The number of carbonyl (C=O) groups excluding carboxylic acids is 1. The number of nitrogens with one attached hydrogen (secondary N) is 1. The fraction of sp³-hybridized carbons (Fsp3) is 0.923. The molecule has 2 heterocycles. The molecule has 1 N–H and O–H groups in total. The number of cyclic esters (lactones) is 1. The maximum Gasteiger partial charge on any atom is 0.323 e. The highest BCUT2D eigenvalue weighted by atomic mass is 16.5. The van der Waals surface area contributed by atoms with E-state index in [1.165, 1.54) is 12.8 Å². The van der Waals surface area contributed by atoms with Crippen LogP contribution in [0.25, 0.3) is 0 Å². The predicted molar refractivity (Wildman–Crippen MR) is 68.4 cm³/mol. The monoisotopic (exact) mass is 256 g/mol. The number of likely N-dealkylation sites (tertiary alicyclic amines) is 1. The van der Waals surface area contributed by atoms with Crippen LogP contribution in [0.5, 0.6) is 0 Å². The van der Waals surface area contributed by atoms with Crippen molar-refractivity contribution in [1.82, 2.24) is 10.2 Å². The summed E-state index contributed by atoms with van der Waals surface area (Å²) in [5, 5.41) is 3.41. The van der Waals surface area contributed by atoms with Gasteiger partial charge in [0.1, 0.15) is 6.04 Å². The Morgan fingerprint density at radius 1 is 1.50 bits per heavy atom. The molecule has 0 aliphatic carbocycles. The minimum Gasteiger partial charge on any atom is -0.464 e. The van der Waals surface area contributed by atoms with Crippen molar-refractivity contribution >= 4 is 5.97 Å². The lowest BCUT2D eigenvalue weighted by molar-refractivity contribution is -0.142. The molecule has 2 aliphatic heterocycles. The second kappa shape index (κ2) is 7.07. The average molecular weight is 256 g/mol. The maximum absolute atomic E-state index is 11.6. The third-order valence-electron chi connectivity index (χ3n) is 3.81. The molecule has 2 unspecified atom stereocenters. The quantitative estimate of drug-likeness (QED) is 0.545. The summed E-state index contributed by atoms with van der Waals surface area (Å²) in [7, 11) is 1.72. The Bertz CT molecular complexity index is 273. The van der Waals surface area contributed by atoms with Crippen LogP contribution in [-0.2, 0) is 14.3 Å². The Labute approximate surface area is 109 Å². The molecule has 2 fully saturated rings. The van der Waals surface area contributed by atoms with Crippen LogP contribution in [0.2, 0.25) is 0 Å². The van der Waals surface area contributed by atoms with Gasteiger partial charge < -0.3 is 14.8 Å². The summed E-state index contributed by atoms with van der Waals surface area (Å²) in [6, 6.07) is 0.0202. The van der Waals surface area contributed by atoms with Gasteiger partial charge in [-0.1, -0.05) is 0 Å². The van der Waals surface area contributed by atoms with E-state index in [1.807, 2.05) is 0 Å². The molecule has 0 aromatic carbocycles. The van der Waals surface area contributed by atoms with Crippen molar-refractivity contribution in [3.63, 3.8) is 0 Å². The third-order valence-corrected chi connectivity index (χ3v) is 3.81. The summed E-state index contributed by atoms with van der Waals surface area (Å²) in [5.74, 6) is 0.618. The Kier molecular flexibility index (Phi) is 5.41. The first-order valence-electron chi connectivity index (χ1n) is 6.91. The van der Waals surface area contributed by atoms with Gasteiger partial charge >= 0.3 is 5.97 Å². The van der Waals surface area contributed by atoms with E-state index in [0.717, 1.165) is 39.2 Å². The standard InChI is InChI=1S/C13H24N2O3/c1-17-8-5-14-9-11-3-2-6-15(10-11)12-4-7-18-13(12)16/h11-12,14H,2-10H2,1H3. The molecule has 104 valence electrons. The lowest BCUT2D eigenvalue weighted by atomic mass is 9.96. The van der Waals surface area contributed by atoms with Crippen molar-refractivity contribution < 1.29 is 14.3 Å². The lowest BCUT2D eigenvalue weighted by Gasteiger charge is -2.35. The SMILES string of the molecule is COCCNCC1CCCN(C2CCOC2=O)C1. The first kappa shape index (κ1) is 13.8. The van der Waals surface area contributed by atoms with E-state index in [2.05, 4.69) is 10.2 Å². The zero-order chi connectivity index (χ0) is 12.8. The van der Waals surface area contributed by atoms with Gasteiger partial charge in [0, 0.05) is 26.6 Å². The van der Waals surface area contributed by atoms with E-state index in [4.69, 9.17) is 9.47 Å². The van der Waals surface area contributed by atoms with Crippen LogP contribution in [-0.4, -0.2) is 63.4 Å². The summed E-state index contributed by atoms with van der Waals surface area (Å²) in [6.45, 7) is 5.32. The minimum atomic E-state index is -0.0250. The summed E-state index contributed by atoms with van der Waals surface area (Å²) < 4.78 is 10.1. The van der Waals surface area contributed by atoms with Gasteiger partial charge in [0.15, 0.2) is 0 Å². The van der Waals surface area contributed by atoms with E-state index >= 15 is 0 Å². The molecular weight excluding hydrogens is 232 g/mol. The van der Waals surface area contributed by atoms with Crippen LogP contribution in [0.15, 0.2) is 0 Å². The van der Waals surface area contributed by atoms with E-state index in [0.29, 0.717) is 12.5 Å². The third kappa shape index (κ3) is 3.67. The number of nitrogens with zero attached hydrogens (tertiary/aromatic N) is 1. The second-order valence-electron chi connectivity index (χ2n) is 5.17. The average Bonchev–Trinajstić information content (AvgIpc) is 2.81. The normalized spacial score (nSPS) is 29.5. The molecule has 2 saturated heterocycles. The van der Waals surface area contributed by atoms with Gasteiger partial charge in [-0.2, -0.15) is 0 Å². The molecule has 5 heteroatoms. The first-order valence-corrected chi connectivity index (χ1v) is 6.91. The Morgan fingerprint density at radius 3 is 3.11 bits per heavy atom. The molecule has 5 nitrogen and oxygen atoms in total. The smallest absolute Gasteiger partial charge is 0.323 e. The number of carbonyl (C=O) groups is 1. The molecule has 2 aliphatic rings. The number of esters is 1. The molecule has 0 aromatic heterocycles. The molecule has 0 bridgehead atoms. The zero-order valence-corrected chi connectivity index (χ0v) is 11.2. The van der Waals surface area contributed by atoms with Crippen LogP contribution in [0.1, 0.15) is 19.3 Å². The highest BCUT2D eigenvalue weighted by Crippen LogP contribution is 2.22. The van der Waals surface area contributed by atoms with Crippen LogP contribution in [0, 0.1) is 5.92 Å². The van der Waals surface area contributed by atoms with E-state index in [9.17, 15) is 4.79 Å². The van der Waals surface area contributed by atoms with Gasteiger partial charge in [0.05, 0.1) is 13.2 Å². The van der Waals surface area contributed by atoms with Gasteiger partial charge in [-0.15, -0.1) is 0 Å². The summed E-state index contributed by atoms with van der Waals surface area (Å²) >= 11 is 0. The zero-order valence-electron chi connectivity index (χ0n) is 11.2. The number of piperidine rings is 1. The van der Waals surface area contributed by atoms with Gasteiger partial charge in [-0.05, 0) is 31.8 Å². The largest absolute Gasteiger partial charge is 0.464 e. The van der Waals surface area contributed by atoms with Gasteiger partial charge in [-0.25, -0.2) is 0 Å². The van der Waals surface area contributed by atoms with Crippen LogP contribution in [0.4, 0.5) is 0 Å². The van der Waals surface area contributed by atoms with Crippen molar-refractivity contribution in [3.05, 3.63) is 0 Å². The second-order valence-corrected chi connectivity index (χ2v) is 5.17. The van der Waals surface area contributed by atoms with Crippen molar-refractivity contribution in [2.75, 3.05) is 46.5 Å². The molecule has 0 saturated carbocycles. The van der Waals surface area contributed by atoms with Crippen molar-refractivity contribution in [2.45, 2.75) is 25.3 Å².